The molecule has 0 heterocycles. The third-order valence-electron chi connectivity index (χ3n) is 2.66. The van der Waals surface area contributed by atoms with Crippen molar-refractivity contribution >= 4 is 15.9 Å². The maximum Gasteiger partial charge on any atom is 0.242 e. The standard InChI is InChI=1S/C12H18N2O3S/c1-10-4-6-11(7-5-10)18(16,17)14(3)9-8-12(15)13-2/h4-7H,8-9H2,1-3H3,(H,13,15). The summed E-state index contributed by atoms with van der Waals surface area (Å²) in [4.78, 5) is 11.3. The molecule has 18 heavy (non-hydrogen) atoms. The van der Waals surface area contributed by atoms with Gasteiger partial charge in [0, 0.05) is 27.1 Å². The van der Waals surface area contributed by atoms with E-state index in [1.165, 1.54) is 18.4 Å². The molecular weight excluding hydrogens is 252 g/mol. The van der Waals surface area contributed by atoms with Crippen LogP contribution in [0.1, 0.15) is 12.0 Å². The van der Waals surface area contributed by atoms with Gasteiger partial charge in [-0.25, -0.2) is 12.7 Å². The number of carbonyl (C=O) groups excluding carboxylic acids is 1. The lowest BCUT2D eigenvalue weighted by Gasteiger charge is -2.16. The molecule has 0 aromatic heterocycles. The molecule has 0 aliphatic carbocycles. The smallest absolute Gasteiger partial charge is 0.242 e. The van der Waals surface area contributed by atoms with Gasteiger partial charge in [0.05, 0.1) is 4.90 Å². The molecule has 5 nitrogen and oxygen atoms in total. The highest BCUT2D eigenvalue weighted by molar-refractivity contribution is 7.89. The quantitative estimate of drug-likeness (QED) is 0.858. The van der Waals surface area contributed by atoms with Gasteiger partial charge in [0.2, 0.25) is 15.9 Å². The number of nitrogens with zero attached hydrogens (tertiary/aromatic N) is 1. The van der Waals surface area contributed by atoms with Crippen LogP contribution in [0.4, 0.5) is 0 Å². The van der Waals surface area contributed by atoms with Crippen LogP contribution in [0.3, 0.4) is 0 Å². The van der Waals surface area contributed by atoms with Crippen LogP contribution in [0.5, 0.6) is 0 Å². The van der Waals surface area contributed by atoms with Gasteiger partial charge in [0.15, 0.2) is 0 Å². The molecule has 0 saturated carbocycles. The minimum absolute atomic E-state index is 0.151. The largest absolute Gasteiger partial charge is 0.359 e. The molecule has 1 aromatic carbocycles. The van der Waals surface area contributed by atoms with Gasteiger partial charge in [-0.3, -0.25) is 4.79 Å². The number of hydrogen-bond donors (Lipinski definition) is 1. The Balaban J connectivity index is 2.80. The first-order valence-electron chi connectivity index (χ1n) is 5.61. The van der Waals surface area contributed by atoms with Crippen LogP contribution >= 0.6 is 0 Å². The van der Waals surface area contributed by atoms with Gasteiger partial charge < -0.3 is 5.32 Å². The first-order chi connectivity index (χ1) is 8.37. The lowest BCUT2D eigenvalue weighted by molar-refractivity contribution is -0.120. The number of rotatable bonds is 5. The van der Waals surface area contributed by atoms with Gasteiger partial charge in [-0.1, -0.05) is 17.7 Å². The number of aryl methyl sites for hydroxylation is 1. The van der Waals surface area contributed by atoms with Gasteiger partial charge in [-0.15, -0.1) is 0 Å². The number of carbonyl (C=O) groups is 1. The van der Waals surface area contributed by atoms with Gasteiger partial charge in [-0.05, 0) is 19.1 Å². The summed E-state index contributed by atoms with van der Waals surface area (Å²) in [6, 6.07) is 6.64. The number of hydrogen-bond acceptors (Lipinski definition) is 3. The molecule has 0 fully saturated rings. The Morgan fingerprint density at radius 3 is 2.33 bits per heavy atom. The summed E-state index contributed by atoms with van der Waals surface area (Å²) in [7, 11) is -0.511. The first-order valence-corrected chi connectivity index (χ1v) is 7.05. The second-order valence-electron chi connectivity index (χ2n) is 4.06. The Hall–Kier alpha value is -1.40. The maximum absolute atomic E-state index is 12.1. The van der Waals surface area contributed by atoms with Crippen molar-refractivity contribution in [3.8, 4) is 0 Å². The molecule has 0 radical (unpaired) electrons. The van der Waals surface area contributed by atoms with E-state index in [0.29, 0.717) is 0 Å². The minimum atomic E-state index is -3.51. The van der Waals surface area contributed by atoms with Gasteiger partial charge in [0.25, 0.3) is 0 Å². The molecule has 0 atom stereocenters. The van der Waals surface area contributed by atoms with Crippen LogP contribution in [0.25, 0.3) is 0 Å². The fourth-order valence-electron chi connectivity index (χ4n) is 1.39. The fraction of sp³-hybridized carbons (Fsp3) is 0.417. The second-order valence-corrected chi connectivity index (χ2v) is 6.11. The minimum Gasteiger partial charge on any atom is -0.359 e. The second kappa shape index (κ2) is 5.97. The molecule has 100 valence electrons. The molecule has 0 aliphatic heterocycles. The summed E-state index contributed by atoms with van der Waals surface area (Å²) in [5, 5.41) is 2.46. The molecule has 1 aromatic rings. The zero-order valence-corrected chi connectivity index (χ0v) is 11.6. The van der Waals surface area contributed by atoms with Crippen molar-refractivity contribution < 1.29 is 13.2 Å². The Bertz CT molecular complexity index is 509. The summed E-state index contributed by atoms with van der Waals surface area (Å²) in [5.74, 6) is -0.180. The third kappa shape index (κ3) is 3.54. The van der Waals surface area contributed by atoms with E-state index in [1.807, 2.05) is 6.92 Å². The molecule has 0 bridgehead atoms. The van der Waals surface area contributed by atoms with E-state index in [4.69, 9.17) is 0 Å². The normalized spacial score (nSPS) is 11.6. The topological polar surface area (TPSA) is 66.5 Å². The molecule has 1 N–H and O–H groups in total. The molecule has 0 saturated heterocycles. The Labute approximate surface area is 108 Å². The van der Waals surface area contributed by atoms with Crippen molar-refractivity contribution in [2.75, 3.05) is 20.6 Å². The zero-order valence-electron chi connectivity index (χ0n) is 10.8. The number of nitrogens with one attached hydrogen (secondary N) is 1. The molecule has 1 rings (SSSR count). The third-order valence-corrected chi connectivity index (χ3v) is 4.53. The average Bonchev–Trinajstić information content (AvgIpc) is 2.35. The predicted molar refractivity (Wildman–Crippen MR) is 69.7 cm³/mol. The van der Waals surface area contributed by atoms with Crippen molar-refractivity contribution in [1.29, 1.82) is 0 Å². The number of sulfonamides is 1. The SMILES string of the molecule is CNC(=O)CCN(C)S(=O)(=O)c1ccc(C)cc1. The van der Waals surface area contributed by atoms with Crippen molar-refractivity contribution in [3.63, 3.8) is 0 Å². The van der Waals surface area contributed by atoms with Gasteiger partial charge in [0.1, 0.15) is 0 Å². The van der Waals surface area contributed by atoms with E-state index < -0.39 is 10.0 Å². The summed E-state index contributed by atoms with van der Waals surface area (Å²) in [5.41, 5.74) is 1.00. The van der Waals surface area contributed by atoms with Crippen molar-refractivity contribution in [2.24, 2.45) is 0 Å². The predicted octanol–water partition coefficient (Wildman–Crippen LogP) is 0.752. The van der Waals surface area contributed by atoms with Crippen LogP contribution in [0.2, 0.25) is 0 Å². The molecule has 1 amide bonds. The number of amides is 1. The van der Waals surface area contributed by atoms with Crippen molar-refractivity contribution in [1.82, 2.24) is 9.62 Å². The molecular formula is C12H18N2O3S. The van der Waals surface area contributed by atoms with E-state index in [1.54, 1.807) is 24.3 Å². The Kier molecular flexibility index (Phi) is 4.86. The van der Waals surface area contributed by atoms with E-state index in [-0.39, 0.29) is 23.8 Å². The summed E-state index contributed by atoms with van der Waals surface area (Å²) in [6.07, 6.45) is 0.151. The van der Waals surface area contributed by atoms with Crippen LogP contribution in [-0.4, -0.2) is 39.3 Å². The molecule has 0 unspecified atom stereocenters. The van der Waals surface area contributed by atoms with Crippen molar-refractivity contribution in [2.45, 2.75) is 18.2 Å². The van der Waals surface area contributed by atoms with Crippen LogP contribution in [0, 0.1) is 6.92 Å². The Morgan fingerprint density at radius 1 is 1.28 bits per heavy atom. The highest BCUT2D eigenvalue weighted by Gasteiger charge is 2.20. The van der Waals surface area contributed by atoms with Gasteiger partial charge >= 0.3 is 0 Å². The van der Waals surface area contributed by atoms with Gasteiger partial charge in [-0.2, -0.15) is 0 Å². The molecule has 0 spiro atoms. The highest BCUT2D eigenvalue weighted by Crippen LogP contribution is 2.14. The lowest BCUT2D eigenvalue weighted by atomic mass is 10.2. The first kappa shape index (κ1) is 14.7. The molecule has 6 heteroatoms. The summed E-state index contributed by atoms with van der Waals surface area (Å²) in [6.45, 7) is 2.06. The maximum atomic E-state index is 12.1. The Morgan fingerprint density at radius 2 is 1.83 bits per heavy atom. The highest BCUT2D eigenvalue weighted by atomic mass is 32.2. The van der Waals surface area contributed by atoms with E-state index in [0.717, 1.165) is 5.56 Å². The van der Waals surface area contributed by atoms with Crippen LogP contribution in [-0.2, 0) is 14.8 Å². The van der Waals surface area contributed by atoms with Crippen LogP contribution < -0.4 is 5.32 Å². The van der Waals surface area contributed by atoms with E-state index in [9.17, 15) is 13.2 Å². The lowest BCUT2D eigenvalue weighted by Crippen LogP contribution is -2.31. The average molecular weight is 270 g/mol. The van der Waals surface area contributed by atoms with E-state index >= 15 is 0 Å². The summed E-state index contributed by atoms with van der Waals surface area (Å²) >= 11 is 0. The van der Waals surface area contributed by atoms with Crippen LogP contribution in [0.15, 0.2) is 29.2 Å². The molecule has 0 aliphatic rings. The number of benzene rings is 1. The van der Waals surface area contributed by atoms with E-state index in [2.05, 4.69) is 5.32 Å². The fourth-order valence-corrected chi connectivity index (χ4v) is 2.57. The monoisotopic (exact) mass is 270 g/mol. The summed E-state index contributed by atoms with van der Waals surface area (Å²) < 4.78 is 25.5. The zero-order chi connectivity index (χ0) is 13.8. The van der Waals surface area contributed by atoms with Crippen molar-refractivity contribution in [3.05, 3.63) is 29.8 Å².